The van der Waals surface area contributed by atoms with Crippen LogP contribution in [0.1, 0.15) is 5.56 Å². The molecule has 1 aromatic carbocycles. The third-order valence-corrected chi connectivity index (χ3v) is 3.99. The van der Waals surface area contributed by atoms with E-state index >= 15 is 0 Å². The third-order valence-electron chi connectivity index (χ3n) is 3.25. The summed E-state index contributed by atoms with van der Waals surface area (Å²) >= 11 is 11.9. The van der Waals surface area contributed by atoms with Gasteiger partial charge in [0.15, 0.2) is 0 Å². The van der Waals surface area contributed by atoms with Crippen LogP contribution in [0.4, 0.5) is 0 Å². The molecule has 1 aromatic rings. The average molecular weight is 261 g/mol. The fraction of sp³-hybridized carbons (Fsp3) is 0.500. The van der Waals surface area contributed by atoms with Crippen LogP contribution in [0.15, 0.2) is 18.2 Å². The molecule has 1 fully saturated rings. The Kier molecular flexibility index (Phi) is 4.09. The van der Waals surface area contributed by atoms with E-state index in [2.05, 4.69) is 13.1 Å². The second-order valence-electron chi connectivity index (χ2n) is 4.63. The number of hydrogen-bond acceptors (Lipinski definition) is 0. The lowest BCUT2D eigenvalue weighted by molar-refractivity contribution is -1.01. The Labute approximate surface area is 107 Å². The molecule has 0 radical (unpaired) electrons. The zero-order valence-electron chi connectivity index (χ0n) is 9.52. The molecule has 1 aliphatic heterocycles. The summed E-state index contributed by atoms with van der Waals surface area (Å²) in [7, 11) is 2.26. The van der Waals surface area contributed by atoms with E-state index in [1.807, 2.05) is 12.1 Å². The van der Waals surface area contributed by atoms with Gasteiger partial charge in [0.25, 0.3) is 0 Å². The predicted molar refractivity (Wildman–Crippen MR) is 67.5 cm³/mol. The fourth-order valence-corrected chi connectivity index (χ4v) is 2.47. The molecule has 0 amide bonds. The van der Waals surface area contributed by atoms with Gasteiger partial charge in [0, 0.05) is 5.56 Å². The highest BCUT2D eigenvalue weighted by molar-refractivity contribution is 6.41. The quantitative estimate of drug-likeness (QED) is 0.736. The first-order valence-electron chi connectivity index (χ1n) is 5.74. The summed E-state index contributed by atoms with van der Waals surface area (Å²) in [5.41, 5.74) is 1.28. The van der Waals surface area contributed by atoms with Crippen molar-refractivity contribution in [1.82, 2.24) is 0 Å². The first-order valence-corrected chi connectivity index (χ1v) is 6.49. The van der Waals surface area contributed by atoms with Crippen molar-refractivity contribution in [2.24, 2.45) is 0 Å². The van der Waals surface area contributed by atoms with E-state index < -0.39 is 0 Å². The van der Waals surface area contributed by atoms with Gasteiger partial charge in [-0.1, -0.05) is 29.3 Å². The lowest BCUT2D eigenvalue weighted by Gasteiger charge is -2.27. The van der Waals surface area contributed by atoms with Crippen LogP contribution in [0, 0.1) is 0 Å². The van der Waals surface area contributed by atoms with E-state index in [-0.39, 0.29) is 0 Å². The highest BCUT2D eigenvalue weighted by atomic mass is 35.5. The molecule has 16 heavy (non-hydrogen) atoms. The van der Waals surface area contributed by atoms with Crippen molar-refractivity contribution < 1.29 is 9.80 Å². The van der Waals surface area contributed by atoms with Crippen LogP contribution in [0.5, 0.6) is 0 Å². The molecule has 4 heteroatoms. The SMILES string of the molecule is C[NH+]1CC[NH+](Cc2ccc(Cl)c(Cl)c2)CC1. The molecule has 2 N–H and O–H groups in total. The van der Waals surface area contributed by atoms with Gasteiger partial charge in [0.2, 0.25) is 0 Å². The summed E-state index contributed by atoms with van der Waals surface area (Å²) in [6.45, 7) is 6.07. The molecule has 2 rings (SSSR count). The lowest BCUT2D eigenvalue weighted by Crippen LogP contribution is -3.26. The van der Waals surface area contributed by atoms with Crippen molar-refractivity contribution in [1.29, 1.82) is 0 Å². The first kappa shape index (κ1) is 12.2. The molecule has 1 aliphatic rings. The summed E-state index contributed by atoms with van der Waals surface area (Å²) in [5.74, 6) is 0. The van der Waals surface area contributed by atoms with Crippen LogP contribution in [0.25, 0.3) is 0 Å². The predicted octanol–water partition coefficient (Wildman–Crippen LogP) is -0.0934. The van der Waals surface area contributed by atoms with Crippen molar-refractivity contribution in [3.05, 3.63) is 33.8 Å². The number of halogens is 2. The van der Waals surface area contributed by atoms with Gasteiger partial charge in [-0.2, -0.15) is 0 Å². The molecule has 88 valence electrons. The minimum atomic E-state index is 0.642. The van der Waals surface area contributed by atoms with Crippen molar-refractivity contribution in [2.45, 2.75) is 6.54 Å². The summed E-state index contributed by atoms with van der Waals surface area (Å²) in [5, 5.41) is 1.31. The van der Waals surface area contributed by atoms with E-state index in [4.69, 9.17) is 23.2 Å². The number of piperazine rings is 1. The molecule has 2 nitrogen and oxygen atoms in total. The Morgan fingerprint density at radius 2 is 1.75 bits per heavy atom. The molecule has 0 bridgehead atoms. The highest BCUT2D eigenvalue weighted by Crippen LogP contribution is 2.22. The van der Waals surface area contributed by atoms with E-state index in [9.17, 15) is 0 Å². The molecule has 0 aliphatic carbocycles. The van der Waals surface area contributed by atoms with Gasteiger partial charge in [-0.05, 0) is 12.1 Å². The van der Waals surface area contributed by atoms with Gasteiger partial charge in [-0.3, -0.25) is 0 Å². The second kappa shape index (κ2) is 5.37. The third kappa shape index (κ3) is 3.11. The van der Waals surface area contributed by atoms with Crippen molar-refractivity contribution in [2.75, 3.05) is 33.2 Å². The Balaban J connectivity index is 1.96. The topological polar surface area (TPSA) is 8.88 Å². The van der Waals surface area contributed by atoms with E-state index in [1.54, 1.807) is 9.80 Å². The summed E-state index contributed by atoms with van der Waals surface area (Å²) in [6, 6.07) is 5.95. The minimum absolute atomic E-state index is 0.642. The summed E-state index contributed by atoms with van der Waals surface area (Å²) in [4.78, 5) is 3.28. The van der Waals surface area contributed by atoms with Crippen molar-refractivity contribution in [3.8, 4) is 0 Å². The Bertz CT molecular complexity index is 360. The Hall–Kier alpha value is -0.280. The van der Waals surface area contributed by atoms with E-state index in [1.165, 1.54) is 31.7 Å². The second-order valence-corrected chi connectivity index (χ2v) is 5.45. The first-order chi connectivity index (χ1) is 7.65. The van der Waals surface area contributed by atoms with Crippen LogP contribution in [-0.4, -0.2) is 33.2 Å². The van der Waals surface area contributed by atoms with Crippen LogP contribution in [0.2, 0.25) is 10.0 Å². The van der Waals surface area contributed by atoms with Crippen molar-refractivity contribution in [3.63, 3.8) is 0 Å². The number of nitrogens with one attached hydrogen (secondary N) is 2. The molecule has 0 atom stereocenters. The number of rotatable bonds is 2. The Morgan fingerprint density at radius 1 is 1.06 bits per heavy atom. The van der Waals surface area contributed by atoms with Crippen LogP contribution in [-0.2, 0) is 6.54 Å². The maximum atomic E-state index is 6.01. The molecule has 0 spiro atoms. The standard InChI is InChI=1S/C12H16Cl2N2/c1-15-4-6-16(7-5-15)9-10-2-3-11(13)12(14)8-10/h2-3,8H,4-7,9H2,1H3/p+2. The zero-order valence-corrected chi connectivity index (χ0v) is 11.0. The molecular formula is C12H18Cl2N2+2. The monoisotopic (exact) mass is 260 g/mol. The number of likely N-dealkylation sites (N-methyl/N-ethyl adjacent to an activating group) is 1. The van der Waals surface area contributed by atoms with E-state index in [0.29, 0.717) is 10.0 Å². The fourth-order valence-electron chi connectivity index (χ4n) is 2.15. The van der Waals surface area contributed by atoms with Gasteiger partial charge >= 0.3 is 0 Å². The average Bonchev–Trinajstić information content (AvgIpc) is 2.27. The normalized spacial score (nSPS) is 25.7. The maximum absolute atomic E-state index is 6.01. The summed E-state index contributed by atoms with van der Waals surface area (Å²) < 4.78 is 0. The molecule has 0 unspecified atom stereocenters. The Morgan fingerprint density at radius 3 is 2.38 bits per heavy atom. The molecule has 1 saturated heterocycles. The highest BCUT2D eigenvalue weighted by Gasteiger charge is 2.19. The van der Waals surface area contributed by atoms with Gasteiger partial charge in [0.1, 0.15) is 32.7 Å². The van der Waals surface area contributed by atoms with Crippen LogP contribution >= 0.6 is 23.2 Å². The summed E-state index contributed by atoms with van der Waals surface area (Å²) in [6.07, 6.45) is 0. The lowest BCUT2D eigenvalue weighted by atomic mass is 10.2. The zero-order chi connectivity index (χ0) is 11.5. The van der Waals surface area contributed by atoms with Crippen LogP contribution in [0.3, 0.4) is 0 Å². The number of benzene rings is 1. The maximum Gasteiger partial charge on any atom is 0.127 e. The largest absolute Gasteiger partial charge is 0.328 e. The van der Waals surface area contributed by atoms with Crippen LogP contribution < -0.4 is 9.80 Å². The van der Waals surface area contributed by atoms with Crippen molar-refractivity contribution >= 4 is 23.2 Å². The molecular weight excluding hydrogens is 243 g/mol. The smallest absolute Gasteiger partial charge is 0.127 e. The minimum Gasteiger partial charge on any atom is -0.328 e. The molecule has 1 heterocycles. The van der Waals surface area contributed by atoms with E-state index in [0.717, 1.165) is 6.54 Å². The molecule has 0 saturated carbocycles. The number of quaternary nitrogens is 2. The molecule has 0 aromatic heterocycles. The van der Waals surface area contributed by atoms with Gasteiger partial charge in [0.05, 0.1) is 17.1 Å². The number of hydrogen-bond donors (Lipinski definition) is 2. The van der Waals surface area contributed by atoms with Gasteiger partial charge in [-0.25, -0.2) is 0 Å². The van der Waals surface area contributed by atoms with Gasteiger partial charge < -0.3 is 9.80 Å². The van der Waals surface area contributed by atoms with Gasteiger partial charge in [-0.15, -0.1) is 0 Å².